The highest BCUT2D eigenvalue weighted by atomic mass is 35.5. The van der Waals surface area contributed by atoms with Crippen LogP contribution < -0.4 is 0 Å². The Bertz CT molecular complexity index is 1390. The zero-order valence-electron chi connectivity index (χ0n) is 17.2. The maximum atomic E-state index is 12.2. The van der Waals surface area contributed by atoms with Gasteiger partial charge in [0.05, 0.1) is 10.6 Å². The van der Waals surface area contributed by atoms with Gasteiger partial charge in [-0.15, -0.1) is 0 Å². The number of ketones is 4. The summed E-state index contributed by atoms with van der Waals surface area (Å²) in [7, 11) is 0. The first-order valence-electron chi connectivity index (χ1n) is 10.2. The molecule has 0 bridgehead atoms. The Labute approximate surface area is 194 Å². The molecule has 33 heavy (non-hydrogen) atoms. The van der Waals surface area contributed by atoms with Gasteiger partial charge in [0.15, 0.2) is 23.1 Å². The summed E-state index contributed by atoms with van der Waals surface area (Å²) >= 11 is 6.00. The molecule has 4 nitrogen and oxygen atoms in total. The molecule has 0 saturated carbocycles. The lowest BCUT2D eigenvalue weighted by molar-refractivity contribution is 0.0979. The Balaban J connectivity index is 0.000000139. The third kappa shape index (κ3) is 3.32. The molecule has 4 aromatic carbocycles. The van der Waals surface area contributed by atoms with Crippen LogP contribution in [0.25, 0.3) is 0 Å². The highest BCUT2D eigenvalue weighted by molar-refractivity contribution is 6.39. The summed E-state index contributed by atoms with van der Waals surface area (Å²) in [5, 5.41) is 0.329. The van der Waals surface area contributed by atoms with E-state index in [1.165, 1.54) is 0 Å². The highest BCUT2D eigenvalue weighted by Gasteiger charge is 2.31. The van der Waals surface area contributed by atoms with E-state index in [4.69, 9.17) is 11.6 Å². The minimum atomic E-state index is -0.180. The van der Waals surface area contributed by atoms with Crippen molar-refractivity contribution in [2.45, 2.75) is 0 Å². The lowest BCUT2D eigenvalue weighted by Crippen LogP contribution is -2.21. The Hall–Kier alpha value is -4.15. The Kier molecular flexibility index (Phi) is 5.08. The lowest BCUT2D eigenvalue weighted by Gasteiger charge is -2.17. The van der Waals surface area contributed by atoms with Crippen molar-refractivity contribution in [1.82, 2.24) is 0 Å². The Morgan fingerprint density at radius 1 is 0.364 bits per heavy atom. The van der Waals surface area contributed by atoms with Crippen molar-refractivity contribution >= 4 is 34.7 Å². The summed E-state index contributed by atoms with van der Waals surface area (Å²) in [6, 6.07) is 25.7. The van der Waals surface area contributed by atoms with Crippen LogP contribution in [-0.2, 0) is 0 Å². The van der Waals surface area contributed by atoms with Gasteiger partial charge < -0.3 is 0 Å². The zero-order chi connectivity index (χ0) is 23.1. The number of carbonyl (C=O) groups is 4. The predicted octanol–water partition coefficient (Wildman–Crippen LogP) is 5.58. The fourth-order valence-electron chi connectivity index (χ4n) is 4.15. The molecule has 5 heteroatoms. The third-order valence-electron chi connectivity index (χ3n) is 5.73. The van der Waals surface area contributed by atoms with Crippen molar-refractivity contribution in [1.29, 1.82) is 0 Å². The summed E-state index contributed by atoms with van der Waals surface area (Å²) in [6.07, 6.45) is 0. The van der Waals surface area contributed by atoms with E-state index in [0.29, 0.717) is 49.5 Å². The minimum absolute atomic E-state index is 0.0641. The van der Waals surface area contributed by atoms with Crippen molar-refractivity contribution in [3.05, 3.63) is 141 Å². The SMILES string of the molecule is O=C1c2ccccc2C(=O)c2c(Cl)cccc21.O=C1c2ccccc2C(=O)c2ccccc21. The summed E-state index contributed by atoms with van der Waals surface area (Å²) in [4.78, 5) is 48.6. The van der Waals surface area contributed by atoms with Crippen molar-refractivity contribution < 1.29 is 19.2 Å². The molecular formula is C28H15ClO4. The maximum absolute atomic E-state index is 12.2. The van der Waals surface area contributed by atoms with Crippen molar-refractivity contribution in [3.63, 3.8) is 0 Å². The first-order valence-corrected chi connectivity index (χ1v) is 10.6. The molecule has 0 fully saturated rings. The topological polar surface area (TPSA) is 68.3 Å². The van der Waals surface area contributed by atoms with Crippen LogP contribution in [-0.4, -0.2) is 23.1 Å². The van der Waals surface area contributed by atoms with Crippen LogP contribution in [0.3, 0.4) is 0 Å². The van der Waals surface area contributed by atoms with Crippen LogP contribution >= 0.6 is 11.6 Å². The highest BCUT2D eigenvalue weighted by Crippen LogP contribution is 2.31. The molecule has 0 saturated heterocycles. The number of hydrogen-bond donors (Lipinski definition) is 0. The normalized spacial score (nSPS) is 13.2. The number of carbonyl (C=O) groups excluding carboxylic acids is 4. The van der Waals surface area contributed by atoms with Gasteiger partial charge in [-0.3, -0.25) is 19.2 Å². The van der Waals surface area contributed by atoms with Gasteiger partial charge in [-0.25, -0.2) is 0 Å². The third-order valence-corrected chi connectivity index (χ3v) is 6.05. The van der Waals surface area contributed by atoms with Gasteiger partial charge >= 0.3 is 0 Å². The monoisotopic (exact) mass is 450 g/mol. The molecule has 2 aliphatic carbocycles. The van der Waals surface area contributed by atoms with Crippen molar-refractivity contribution in [2.75, 3.05) is 0 Å². The summed E-state index contributed by atoms with van der Waals surface area (Å²) in [5.74, 6) is -0.449. The smallest absolute Gasteiger partial charge is 0.196 e. The molecule has 158 valence electrons. The molecule has 0 spiro atoms. The molecule has 0 amide bonds. The molecule has 6 rings (SSSR count). The molecule has 0 N–H and O–H groups in total. The van der Waals surface area contributed by atoms with E-state index < -0.39 is 0 Å². The van der Waals surface area contributed by atoms with Crippen LogP contribution in [0.5, 0.6) is 0 Å². The van der Waals surface area contributed by atoms with E-state index in [0.717, 1.165) is 0 Å². The number of halogens is 1. The number of hydrogen-bond acceptors (Lipinski definition) is 4. The summed E-state index contributed by atoms with van der Waals surface area (Å²) in [5.41, 5.74) is 3.61. The van der Waals surface area contributed by atoms with Gasteiger partial charge in [-0.05, 0) is 6.07 Å². The molecule has 4 aromatic rings. The molecule has 0 unspecified atom stereocenters. The number of rotatable bonds is 0. The van der Waals surface area contributed by atoms with E-state index in [9.17, 15) is 19.2 Å². The van der Waals surface area contributed by atoms with E-state index in [1.54, 1.807) is 91.0 Å². The fraction of sp³-hybridized carbons (Fsp3) is 0. The van der Waals surface area contributed by atoms with E-state index in [1.807, 2.05) is 0 Å². The molecule has 2 aliphatic rings. The average molecular weight is 451 g/mol. The second-order valence-electron chi connectivity index (χ2n) is 7.62. The van der Waals surface area contributed by atoms with Gasteiger partial charge in [-0.2, -0.15) is 0 Å². The molecule has 0 aromatic heterocycles. The molecular weight excluding hydrogens is 436 g/mol. The fourth-order valence-corrected chi connectivity index (χ4v) is 4.41. The molecule has 0 heterocycles. The first kappa shape index (κ1) is 20.7. The van der Waals surface area contributed by atoms with Crippen LogP contribution in [0, 0.1) is 0 Å². The molecule has 0 aliphatic heterocycles. The first-order chi connectivity index (χ1) is 16.0. The predicted molar refractivity (Wildman–Crippen MR) is 125 cm³/mol. The van der Waals surface area contributed by atoms with E-state index in [2.05, 4.69) is 0 Å². The van der Waals surface area contributed by atoms with Crippen LogP contribution in [0.2, 0.25) is 5.02 Å². The van der Waals surface area contributed by atoms with Crippen LogP contribution in [0.1, 0.15) is 63.7 Å². The maximum Gasteiger partial charge on any atom is 0.196 e. The minimum Gasteiger partial charge on any atom is -0.289 e. The quantitative estimate of drug-likeness (QED) is 0.303. The average Bonchev–Trinajstić information content (AvgIpc) is 2.86. The van der Waals surface area contributed by atoms with E-state index >= 15 is 0 Å². The molecule has 0 atom stereocenters. The lowest BCUT2D eigenvalue weighted by atomic mass is 9.84. The van der Waals surface area contributed by atoms with Gasteiger partial charge in [0.1, 0.15) is 0 Å². The van der Waals surface area contributed by atoms with E-state index in [-0.39, 0.29) is 23.1 Å². The number of benzene rings is 4. The largest absolute Gasteiger partial charge is 0.289 e. The second kappa shape index (κ2) is 8.08. The number of fused-ring (bicyclic) bond motifs is 4. The van der Waals surface area contributed by atoms with Crippen LogP contribution in [0.4, 0.5) is 0 Å². The zero-order valence-corrected chi connectivity index (χ0v) is 17.9. The standard InChI is InChI=1S/C14H7ClO2.C14H8O2/c15-11-7-3-6-10-12(11)14(17)9-5-2-1-4-8(9)13(10)16;15-13-9-5-1-2-6-10(9)14(16)12-8-4-3-7-11(12)13/h1-7H;1-8H. The Morgan fingerprint density at radius 2 is 0.667 bits per heavy atom. The summed E-state index contributed by atoms with van der Waals surface area (Å²) in [6.45, 7) is 0. The second-order valence-corrected chi connectivity index (χ2v) is 8.02. The summed E-state index contributed by atoms with van der Waals surface area (Å²) < 4.78 is 0. The van der Waals surface area contributed by atoms with Gasteiger partial charge in [0.25, 0.3) is 0 Å². The van der Waals surface area contributed by atoms with Crippen molar-refractivity contribution in [3.8, 4) is 0 Å². The van der Waals surface area contributed by atoms with Gasteiger partial charge in [-0.1, -0.05) is 96.5 Å². The van der Waals surface area contributed by atoms with Gasteiger partial charge in [0, 0.05) is 38.9 Å². The van der Waals surface area contributed by atoms with Crippen LogP contribution in [0.15, 0.2) is 91.0 Å². The van der Waals surface area contributed by atoms with Gasteiger partial charge in [0.2, 0.25) is 0 Å². The van der Waals surface area contributed by atoms with Crippen molar-refractivity contribution in [2.24, 2.45) is 0 Å². The molecule has 0 radical (unpaired) electrons. The Morgan fingerprint density at radius 3 is 1.06 bits per heavy atom.